The van der Waals surface area contributed by atoms with Crippen molar-refractivity contribution >= 4 is 57.9 Å². The Kier molecular flexibility index (Phi) is 7.17. The standard InChI is InChI=1S/C25H30Cl2FN7O2/c1-25(22(29)37)7-5-15(6-8-25)35-21-19(12-30-23(34-21)31-14-3-2-4-16(36)11-14)32-24(35)33-20-17(26)9-13(28)10-18(20)27/h9-10,12,14-16,36H,2-8,11H2,1H3,(H2,29,37)(H,32,33)(H,30,31,34)/t14-,15-,16-,25-/m0/s1. The van der Waals surface area contributed by atoms with Crippen LogP contribution in [0.15, 0.2) is 18.3 Å². The predicted molar refractivity (Wildman–Crippen MR) is 142 cm³/mol. The molecule has 1 amide bonds. The second-order valence-corrected chi connectivity index (χ2v) is 11.2. The van der Waals surface area contributed by atoms with E-state index >= 15 is 0 Å². The van der Waals surface area contributed by atoms with Gasteiger partial charge in [0.05, 0.1) is 28.0 Å². The number of halogens is 3. The molecule has 37 heavy (non-hydrogen) atoms. The zero-order valence-electron chi connectivity index (χ0n) is 20.5. The van der Waals surface area contributed by atoms with Crippen molar-refractivity contribution in [1.82, 2.24) is 19.5 Å². The lowest BCUT2D eigenvalue weighted by Gasteiger charge is -2.35. The van der Waals surface area contributed by atoms with Gasteiger partial charge in [0.15, 0.2) is 5.65 Å². The lowest BCUT2D eigenvalue weighted by atomic mass is 9.73. The minimum Gasteiger partial charge on any atom is -0.393 e. The molecule has 1 aromatic carbocycles. The van der Waals surface area contributed by atoms with Gasteiger partial charge in [-0.3, -0.25) is 9.36 Å². The number of aliphatic hydroxyl groups excluding tert-OH is 1. The average Bonchev–Trinajstić information content (AvgIpc) is 3.19. The number of nitrogens with two attached hydrogens (primary N) is 1. The number of anilines is 3. The fourth-order valence-corrected chi connectivity index (χ4v) is 5.94. The Hall–Kier alpha value is -2.69. The molecule has 2 saturated carbocycles. The van der Waals surface area contributed by atoms with Gasteiger partial charge in [-0.25, -0.2) is 14.4 Å². The lowest BCUT2D eigenvalue weighted by Crippen LogP contribution is -2.38. The number of carbonyl (C=O) groups is 1. The molecule has 2 aromatic heterocycles. The van der Waals surface area contributed by atoms with Crippen LogP contribution in [0, 0.1) is 11.2 Å². The number of hydrogen-bond acceptors (Lipinski definition) is 7. The van der Waals surface area contributed by atoms with Crippen molar-refractivity contribution in [3.8, 4) is 0 Å². The molecule has 2 fully saturated rings. The third kappa shape index (κ3) is 5.32. The molecule has 2 heterocycles. The summed E-state index contributed by atoms with van der Waals surface area (Å²) < 4.78 is 15.8. The first-order chi connectivity index (χ1) is 17.6. The summed E-state index contributed by atoms with van der Waals surface area (Å²) in [6.07, 6.45) is 7.26. The first-order valence-electron chi connectivity index (χ1n) is 12.5. The molecule has 0 bridgehead atoms. The molecular formula is C25H30Cl2FN7O2. The van der Waals surface area contributed by atoms with E-state index in [4.69, 9.17) is 38.9 Å². The van der Waals surface area contributed by atoms with E-state index in [-0.39, 0.29) is 34.1 Å². The number of amides is 1. The summed E-state index contributed by atoms with van der Waals surface area (Å²) >= 11 is 12.6. The Morgan fingerprint density at radius 3 is 2.54 bits per heavy atom. The van der Waals surface area contributed by atoms with Crippen LogP contribution in [0.5, 0.6) is 0 Å². The molecule has 2 aliphatic carbocycles. The largest absolute Gasteiger partial charge is 0.393 e. The highest BCUT2D eigenvalue weighted by Crippen LogP contribution is 2.43. The molecule has 2 atom stereocenters. The smallest absolute Gasteiger partial charge is 0.224 e. The fourth-order valence-electron chi connectivity index (χ4n) is 5.39. The Balaban J connectivity index is 1.52. The van der Waals surface area contributed by atoms with Gasteiger partial charge < -0.3 is 21.5 Å². The number of aliphatic hydroxyl groups is 1. The highest BCUT2D eigenvalue weighted by molar-refractivity contribution is 6.39. The first-order valence-corrected chi connectivity index (χ1v) is 13.3. The number of benzene rings is 1. The number of rotatable bonds is 6. The summed E-state index contributed by atoms with van der Waals surface area (Å²) in [5.41, 5.74) is 6.62. The number of nitrogens with zero attached hydrogens (tertiary/aromatic N) is 4. The summed E-state index contributed by atoms with van der Waals surface area (Å²) in [7, 11) is 0. The Morgan fingerprint density at radius 1 is 1.19 bits per heavy atom. The van der Waals surface area contributed by atoms with E-state index in [9.17, 15) is 14.3 Å². The van der Waals surface area contributed by atoms with E-state index in [0.717, 1.165) is 19.3 Å². The normalized spacial score (nSPS) is 26.2. The van der Waals surface area contributed by atoms with E-state index in [0.29, 0.717) is 60.9 Å². The average molecular weight is 550 g/mol. The van der Waals surface area contributed by atoms with Crippen molar-refractivity contribution < 1.29 is 14.3 Å². The molecule has 3 aromatic rings. The summed E-state index contributed by atoms with van der Waals surface area (Å²) in [4.78, 5) is 26.0. The maximum absolute atomic E-state index is 13.8. The van der Waals surface area contributed by atoms with Crippen molar-refractivity contribution in [1.29, 1.82) is 0 Å². The Labute approximate surface area is 224 Å². The third-order valence-corrected chi connectivity index (χ3v) is 8.27. The molecule has 198 valence electrons. The van der Waals surface area contributed by atoms with E-state index in [2.05, 4.69) is 15.6 Å². The maximum atomic E-state index is 13.8. The van der Waals surface area contributed by atoms with Gasteiger partial charge in [0.1, 0.15) is 11.3 Å². The van der Waals surface area contributed by atoms with Crippen molar-refractivity contribution in [2.24, 2.45) is 11.1 Å². The van der Waals surface area contributed by atoms with Crippen LogP contribution in [0.25, 0.3) is 11.2 Å². The maximum Gasteiger partial charge on any atom is 0.224 e. The Morgan fingerprint density at radius 2 is 1.89 bits per heavy atom. The first kappa shape index (κ1) is 25.9. The molecule has 0 radical (unpaired) electrons. The van der Waals surface area contributed by atoms with Crippen LogP contribution < -0.4 is 16.4 Å². The lowest BCUT2D eigenvalue weighted by molar-refractivity contribution is -0.128. The summed E-state index contributed by atoms with van der Waals surface area (Å²) in [5, 5.41) is 16.8. The topological polar surface area (TPSA) is 131 Å². The molecule has 0 spiro atoms. The van der Waals surface area contributed by atoms with E-state index in [1.54, 1.807) is 6.20 Å². The second kappa shape index (κ2) is 10.2. The van der Waals surface area contributed by atoms with Gasteiger partial charge in [0.2, 0.25) is 17.8 Å². The van der Waals surface area contributed by atoms with Crippen LogP contribution in [0.4, 0.5) is 22.0 Å². The number of fused-ring (bicyclic) bond motifs is 1. The van der Waals surface area contributed by atoms with Crippen molar-refractivity contribution in [3.63, 3.8) is 0 Å². The molecule has 2 aliphatic rings. The fraction of sp³-hybridized carbons (Fsp3) is 0.520. The molecule has 5 N–H and O–H groups in total. The van der Waals surface area contributed by atoms with Gasteiger partial charge in [-0.15, -0.1) is 0 Å². The number of hydrogen-bond donors (Lipinski definition) is 4. The SMILES string of the molecule is C[C@]1(C(N)=O)CC[C@H](n2c(Nc3c(Cl)cc(F)cc3Cl)nc3cnc(N[C@H]4CCC[C@H](O)C4)nc32)CC1. The second-order valence-electron chi connectivity index (χ2n) is 10.4. The van der Waals surface area contributed by atoms with Gasteiger partial charge in [-0.1, -0.05) is 30.1 Å². The minimum absolute atomic E-state index is 0.0304. The van der Waals surface area contributed by atoms with Crippen LogP contribution in [0.2, 0.25) is 10.0 Å². The van der Waals surface area contributed by atoms with Crippen LogP contribution in [0.1, 0.15) is 64.3 Å². The van der Waals surface area contributed by atoms with Gasteiger partial charge >= 0.3 is 0 Å². The van der Waals surface area contributed by atoms with Crippen LogP contribution in [-0.2, 0) is 4.79 Å². The number of primary amides is 1. The summed E-state index contributed by atoms with van der Waals surface area (Å²) in [6, 6.07) is 2.42. The summed E-state index contributed by atoms with van der Waals surface area (Å²) in [6.45, 7) is 1.90. The van der Waals surface area contributed by atoms with Crippen molar-refractivity contribution in [3.05, 3.63) is 34.2 Å². The molecule has 0 aliphatic heterocycles. The van der Waals surface area contributed by atoms with Crippen LogP contribution in [0.3, 0.4) is 0 Å². The number of imidazole rings is 1. The molecule has 5 rings (SSSR count). The number of nitrogens with one attached hydrogen (secondary N) is 2. The zero-order chi connectivity index (χ0) is 26.3. The molecule has 0 unspecified atom stereocenters. The van der Waals surface area contributed by atoms with Gasteiger partial charge in [0, 0.05) is 17.5 Å². The van der Waals surface area contributed by atoms with E-state index in [1.807, 2.05) is 11.5 Å². The van der Waals surface area contributed by atoms with E-state index in [1.165, 1.54) is 12.1 Å². The van der Waals surface area contributed by atoms with Crippen molar-refractivity contribution in [2.45, 2.75) is 76.5 Å². The van der Waals surface area contributed by atoms with Crippen LogP contribution >= 0.6 is 23.2 Å². The number of carbonyl (C=O) groups excluding carboxylic acids is 1. The van der Waals surface area contributed by atoms with Gasteiger partial charge in [0.25, 0.3) is 0 Å². The molecule has 12 heteroatoms. The molecular weight excluding hydrogens is 520 g/mol. The highest BCUT2D eigenvalue weighted by atomic mass is 35.5. The molecule has 0 saturated heterocycles. The van der Waals surface area contributed by atoms with Gasteiger partial charge in [-0.2, -0.15) is 4.98 Å². The molecule has 9 nitrogen and oxygen atoms in total. The third-order valence-electron chi connectivity index (χ3n) is 7.67. The Bertz CT molecular complexity index is 1300. The highest BCUT2D eigenvalue weighted by Gasteiger charge is 2.38. The van der Waals surface area contributed by atoms with Crippen molar-refractivity contribution in [2.75, 3.05) is 10.6 Å². The van der Waals surface area contributed by atoms with E-state index < -0.39 is 11.2 Å². The minimum atomic E-state index is -0.562. The monoisotopic (exact) mass is 549 g/mol. The van der Waals surface area contributed by atoms with Gasteiger partial charge in [-0.05, 0) is 63.5 Å². The predicted octanol–water partition coefficient (Wildman–Crippen LogP) is 5.34. The van der Waals surface area contributed by atoms with Crippen LogP contribution in [-0.4, -0.2) is 42.7 Å². The zero-order valence-corrected chi connectivity index (χ0v) is 22.0. The quantitative estimate of drug-likeness (QED) is 0.326. The summed E-state index contributed by atoms with van der Waals surface area (Å²) in [5.74, 6) is 0.0576. The number of aromatic nitrogens is 4.